The number of halogens is 2. The van der Waals surface area contributed by atoms with Gasteiger partial charge in [-0.2, -0.15) is 5.10 Å². The summed E-state index contributed by atoms with van der Waals surface area (Å²) in [5, 5.41) is 18.0. The Kier molecular flexibility index (Phi) is 7.86. The molecule has 2 aromatic rings. The maximum atomic E-state index is 12.4. The minimum absolute atomic E-state index is 0.115. The topological polar surface area (TPSA) is 114 Å². The van der Waals surface area contributed by atoms with Crippen molar-refractivity contribution in [2.75, 3.05) is 0 Å². The molecule has 2 rings (SSSR count). The molecule has 2 aromatic carbocycles. The third-order valence-electron chi connectivity index (χ3n) is 3.90. The number of hydrazone groups is 1. The highest BCUT2D eigenvalue weighted by Crippen LogP contribution is 2.24. The number of hydrogen-bond donors (Lipinski definition) is 2. The fourth-order valence-electron chi connectivity index (χ4n) is 2.35. The summed E-state index contributed by atoms with van der Waals surface area (Å²) in [7, 11) is 0. The molecule has 2 N–H and O–H groups in total. The lowest BCUT2D eigenvalue weighted by molar-refractivity contribution is -0.385. The van der Waals surface area contributed by atoms with Crippen LogP contribution in [0.2, 0.25) is 5.02 Å². The van der Waals surface area contributed by atoms with Crippen molar-refractivity contribution in [3.63, 3.8) is 0 Å². The number of nitrogens with one attached hydrogen (secondary N) is 2. The van der Waals surface area contributed by atoms with E-state index in [9.17, 15) is 19.7 Å². The normalized spacial score (nSPS) is 12.0. The molecule has 8 nitrogen and oxygen atoms in total. The molecule has 0 aliphatic heterocycles. The molecule has 0 bridgehead atoms. The van der Waals surface area contributed by atoms with Gasteiger partial charge in [0.15, 0.2) is 0 Å². The van der Waals surface area contributed by atoms with Crippen molar-refractivity contribution in [2.45, 2.75) is 19.9 Å². The second-order valence-electron chi connectivity index (χ2n) is 6.40. The Labute approximate surface area is 180 Å². The van der Waals surface area contributed by atoms with E-state index in [4.69, 9.17) is 11.6 Å². The van der Waals surface area contributed by atoms with Gasteiger partial charge in [0.25, 0.3) is 17.5 Å². The average molecular weight is 482 g/mol. The van der Waals surface area contributed by atoms with Gasteiger partial charge in [-0.05, 0) is 52.2 Å². The number of nitro benzene ring substituents is 1. The van der Waals surface area contributed by atoms with Gasteiger partial charge in [0.1, 0.15) is 6.04 Å². The molecule has 0 aliphatic carbocycles. The van der Waals surface area contributed by atoms with E-state index in [-0.39, 0.29) is 11.6 Å². The van der Waals surface area contributed by atoms with E-state index in [1.165, 1.54) is 18.3 Å². The van der Waals surface area contributed by atoms with Crippen molar-refractivity contribution in [3.8, 4) is 0 Å². The van der Waals surface area contributed by atoms with Crippen LogP contribution in [-0.2, 0) is 4.79 Å². The van der Waals surface area contributed by atoms with Crippen LogP contribution in [0.25, 0.3) is 0 Å². The van der Waals surface area contributed by atoms with E-state index in [2.05, 4.69) is 31.8 Å². The molecule has 29 heavy (non-hydrogen) atoms. The summed E-state index contributed by atoms with van der Waals surface area (Å²) in [5.41, 5.74) is 3.05. The summed E-state index contributed by atoms with van der Waals surface area (Å²) >= 11 is 8.91. The number of nitrogens with zero attached hydrogens (tertiary/aromatic N) is 2. The van der Waals surface area contributed by atoms with Crippen LogP contribution in [0.5, 0.6) is 0 Å². The van der Waals surface area contributed by atoms with Gasteiger partial charge in [0, 0.05) is 22.2 Å². The molecule has 10 heteroatoms. The smallest absolute Gasteiger partial charge is 0.284 e. The van der Waals surface area contributed by atoms with Gasteiger partial charge in [0.05, 0.1) is 15.6 Å². The molecule has 0 aliphatic rings. The Hall–Kier alpha value is -2.78. The summed E-state index contributed by atoms with van der Waals surface area (Å²) in [5.74, 6) is -1.12. The quantitative estimate of drug-likeness (QED) is 0.354. The molecule has 152 valence electrons. The van der Waals surface area contributed by atoms with Gasteiger partial charge in [-0.3, -0.25) is 19.7 Å². The van der Waals surface area contributed by atoms with E-state index < -0.39 is 22.8 Å². The lowest BCUT2D eigenvalue weighted by Crippen LogP contribution is -2.48. The van der Waals surface area contributed by atoms with Gasteiger partial charge in [-0.1, -0.05) is 31.5 Å². The number of benzene rings is 2. The molecule has 0 radical (unpaired) electrons. The molecule has 0 saturated heterocycles. The lowest BCUT2D eigenvalue weighted by atomic mass is 10.0. The van der Waals surface area contributed by atoms with Crippen molar-refractivity contribution in [1.29, 1.82) is 0 Å². The predicted octanol–water partition coefficient (Wildman–Crippen LogP) is 3.92. The first-order valence-corrected chi connectivity index (χ1v) is 9.69. The van der Waals surface area contributed by atoms with Gasteiger partial charge in [-0.25, -0.2) is 5.43 Å². The minimum Gasteiger partial charge on any atom is -0.340 e. The number of rotatable bonds is 7. The van der Waals surface area contributed by atoms with Crippen molar-refractivity contribution in [3.05, 3.63) is 73.2 Å². The highest BCUT2D eigenvalue weighted by molar-refractivity contribution is 9.10. The summed E-state index contributed by atoms with van der Waals surface area (Å²) in [6.07, 6.45) is 1.29. The highest BCUT2D eigenvalue weighted by Gasteiger charge is 2.24. The third kappa shape index (κ3) is 6.37. The number of hydrogen-bond acceptors (Lipinski definition) is 5. The zero-order valence-electron chi connectivity index (χ0n) is 15.6. The zero-order chi connectivity index (χ0) is 21.6. The summed E-state index contributed by atoms with van der Waals surface area (Å²) in [4.78, 5) is 35.3. The number of amides is 2. The summed E-state index contributed by atoms with van der Waals surface area (Å²) in [6, 6.07) is 9.92. The Morgan fingerprint density at radius 1 is 1.21 bits per heavy atom. The minimum atomic E-state index is -0.824. The number of carbonyl (C=O) groups is 2. The van der Waals surface area contributed by atoms with Gasteiger partial charge in [-0.15, -0.1) is 0 Å². The third-order valence-corrected chi connectivity index (χ3v) is 4.82. The van der Waals surface area contributed by atoms with Crippen LogP contribution in [0.4, 0.5) is 5.69 Å². The maximum absolute atomic E-state index is 12.4. The van der Waals surface area contributed by atoms with Crippen molar-refractivity contribution in [1.82, 2.24) is 10.7 Å². The predicted molar refractivity (Wildman–Crippen MR) is 114 cm³/mol. The molecule has 2 amide bonds. The highest BCUT2D eigenvalue weighted by atomic mass is 79.9. The summed E-state index contributed by atoms with van der Waals surface area (Å²) in [6.45, 7) is 3.57. The van der Waals surface area contributed by atoms with Crippen LogP contribution >= 0.6 is 27.5 Å². The molecule has 0 saturated carbocycles. The first kappa shape index (κ1) is 22.5. The second kappa shape index (κ2) is 10.1. The Morgan fingerprint density at radius 2 is 1.86 bits per heavy atom. The van der Waals surface area contributed by atoms with Gasteiger partial charge in [0.2, 0.25) is 0 Å². The van der Waals surface area contributed by atoms with Crippen LogP contribution in [0, 0.1) is 16.0 Å². The zero-order valence-corrected chi connectivity index (χ0v) is 17.9. The Morgan fingerprint density at radius 3 is 2.45 bits per heavy atom. The van der Waals surface area contributed by atoms with E-state index in [1.807, 2.05) is 0 Å². The van der Waals surface area contributed by atoms with E-state index in [0.717, 1.165) is 0 Å². The fraction of sp³-hybridized carbons (Fsp3) is 0.211. The first-order valence-electron chi connectivity index (χ1n) is 8.52. The molecular weight excluding hydrogens is 464 g/mol. The van der Waals surface area contributed by atoms with Crippen LogP contribution in [0.1, 0.15) is 29.8 Å². The van der Waals surface area contributed by atoms with Crippen LogP contribution in [0.15, 0.2) is 52.0 Å². The molecule has 0 heterocycles. The molecule has 0 fully saturated rings. The van der Waals surface area contributed by atoms with E-state index in [0.29, 0.717) is 20.6 Å². The van der Waals surface area contributed by atoms with Crippen LogP contribution in [0.3, 0.4) is 0 Å². The van der Waals surface area contributed by atoms with Crippen molar-refractivity contribution in [2.24, 2.45) is 11.0 Å². The standard InChI is InChI=1S/C19H18BrClN4O4/c1-11(2)17(23-18(26)13-4-6-14(21)7-5-13)19(27)24-22-10-12-3-8-15(20)16(9-12)25(28)29/h3-11,17H,1-2H3,(H,23,26)(H,24,27)/b22-10-. The molecule has 1 unspecified atom stereocenters. The molecular formula is C19H18BrClN4O4. The van der Waals surface area contributed by atoms with Crippen LogP contribution in [-0.4, -0.2) is 29.0 Å². The monoisotopic (exact) mass is 480 g/mol. The van der Waals surface area contributed by atoms with Crippen molar-refractivity contribution < 1.29 is 14.5 Å². The summed E-state index contributed by atoms with van der Waals surface area (Å²) < 4.78 is 0.341. The van der Waals surface area contributed by atoms with Gasteiger partial charge < -0.3 is 5.32 Å². The molecule has 0 spiro atoms. The second-order valence-corrected chi connectivity index (χ2v) is 7.70. The molecule has 0 aromatic heterocycles. The van der Waals surface area contributed by atoms with Gasteiger partial charge >= 0.3 is 0 Å². The SMILES string of the molecule is CC(C)C(NC(=O)c1ccc(Cl)cc1)C(=O)N/N=C\c1ccc(Br)c([N+](=O)[O-])c1. The van der Waals surface area contributed by atoms with E-state index >= 15 is 0 Å². The first-order chi connectivity index (χ1) is 13.7. The number of carbonyl (C=O) groups excluding carboxylic acids is 2. The van der Waals surface area contributed by atoms with Crippen LogP contribution < -0.4 is 10.7 Å². The lowest BCUT2D eigenvalue weighted by Gasteiger charge is -2.20. The number of nitro groups is 1. The Bertz CT molecular complexity index is 948. The van der Waals surface area contributed by atoms with E-state index in [1.54, 1.807) is 44.2 Å². The Balaban J connectivity index is 2.05. The average Bonchev–Trinajstić information content (AvgIpc) is 2.67. The van der Waals surface area contributed by atoms with Crippen molar-refractivity contribution >= 4 is 51.2 Å². The molecule has 1 atom stereocenters. The fourth-order valence-corrected chi connectivity index (χ4v) is 2.87. The maximum Gasteiger partial charge on any atom is 0.284 e. The largest absolute Gasteiger partial charge is 0.340 e.